The van der Waals surface area contributed by atoms with E-state index in [1.54, 1.807) is 27.7 Å². The van der Waals surface area contributed by atoms with Crippen molar-refractivity contribution >= 4 is 29.6 Å². The van der Waals surface area contributed by atoms with E-state index in [0.29, 0.717) is 31.8 Å². The Labute approximate surface area is 303 Å². The first-order valence-corrected chi connectivity index (χ1v) is 18.1. The van der Waals surface area contributed by atoms with Crippen molar-refractivity contribution < 1.29 is 33.4 Å². The fourth-order valence-electron chi connectivity index (χ4n) is 5.64. The lowest BCUT2D eigenvalue weighted by molar-refractivity contribution is -0.134. The minimum absolute atomic E-state index is 0.00125. The fourth-order valence-corrected chi connectivity index (χ4v) is 5.64. The molecule has 0 aromatic heterocycles. The Balaban J connectivity index is 1.83. The average Bonchev–Trinajstić information content (AvgIpc) is 3.81. The maximum absolute atomic E-state index is 14.0. The number of amides is 4. The molecule has 1 saturated heterocycles. The Morgan fingerprint density at radius 3 is 1.73 bits per heavy atom. The molecule has 1 heterocycles. The average molecular weight is 707 g/mol. The number of ketones is 1. The number of epoxide rings is 1. The molecule has 11 heteroatoms. The second-order valence-electron chi connectivity index (χ2n) is 15.6. The van der Waals surface area contributed by atoms with Crippen molar-refractivity contribution in [2.24, 2.45) is 11.8 Å². The number of nitrogens with one attached hydrogen (secondary N) is 4. The molecule has 0 aliphatic carbocycles. The summed E-state index contributed by atoms with van der Waals surface area (Å²) in [6.45, 7) is 15.2. The zero-order chi connectivity index (χ0) is 37.8. The summed E-state index contributed by atoms with van der Waals surface area (Å²) in [5.41, 5.74) is 0.0950. The van der Waals surface area contributed by atoms with Crippen LogP contribution in [0.3, 0.4) is 0 Å². The van der Waals surface area contributed by atoms with Gasteiger partial charge in [0.2, 0.25) is 17.7 Å². The Morgan fingerprint density at radius 2 is 1.20 bits per heavy atom. The smallest absolute Gasteiger partial charge is 0.408 e. The molecule has 4 N–H and O–H groups in total. The van der Waals surface area contributed by atoms with Crippen LogP contribution in [0, 0.1) is 11.8 Å². The first-order valence-electron chi connectivity index (χ1n) is 18.1. The molecule has 280 valence electrons. The van der Waals surface area contributed by atoms with Crippen molar-refractivity contribution in [3.63, 3.8) is 0 Å². The maximum atomic E-state index is 14.0. The van der Waals surface area contributed by atoms with Crippen molar-refractivity contribution in [3.8, 4) is 0 Å². The number of benzene rings is 2. The summed E-state index contributed by atoms with van der Waals surface area (Å²) in [6.07, 6.45) is 1.61. The number of hydrogen-bond acceptors (Lipinski definition) is 7. The highest BCUT2D eigenvalue weighted by Gasteiger charge is 2.50. The molecule has 2 aromatic carbocycles. The number of hydrogen-bond donors (Lipinski definition) is 4. The number of carbonyl (C=O) groups is 5. The number of ether oxygens (including phenoxy) is 2. The number of alkyl carbamates (subject to hydrolysis) is 1. The van der Waals surface area contributed by atoms with Crippen molar-refractivity contribution in [3.05, 3.63) is 71.8 Å². The Morgan fingerprint density at radius 1 is 0.686 bits per heavy atom. The van der Waals surface area contributed by atoms with E-state index < -0.39 is 59.2 Å². The van der Waals surface area contributed by atoms with Gasteiger partial charge in [-0.05, 0) is 82.8 Å². The molecular formula is C40H58N4O7. The predicted molar refractivity (Wildman–Crippen MR) is 197 cm³/mol. The van der Waals surface area contributed by atoms with E-state index in [1.807, 2.05) is 74.5 Å². The van der Waals surface area contributed by atoms with Gasteiger partial charge in [0, 0.05) is 6.42 Å². The van der Waals surface area contributed by atoms with Gasteiger partial charge < -0.3 is 30.7 Å². The highest BCUT2D eigenvalue weighted by Crippen LogP contribution is 2.29. The maximum Gasteiger partial charge on any atom is 0.408 e. The molecule has 0 radical (unpaired) electrons. The molecule has 3 rings (SSSR count). The largest absolute Gasteiger partial charge is 0.444 e. The monoisotopic (exact) mass is 706 g/mol. The van der Waals surface area contributed by atoms with Gasteiger partial charge >= 0.3 is 6.09 Å². The Kier molecular flexibility index (Phi) is 15.2. The van der Waals surface area contributed by atoms with Gasteiger partial charge in [0.05, 0.1) is 12.6 Å². The summed E-state index contributed by atoms with van der Waals surface area (Å²) < 4.78 is 10.9. The molecule has 5 atom stereocenters. The third kappa shape index (κ3) is 14.5. The minimum atomic E-state index is -1.04. The van der Waals surface area contributed by atoms with Crippen LogP contribution in [0.1, 0.15) is 92.2 Å². The molecule has 0 spiro atoms. The van der Waals surface area contributed by atoms with Crippen LogP contribution in [0.2, 0.25) is 0 Å². The highest BCUT2D eigenvalue weighted by molar-refractivity contribution is 5.98. The third-order valence-electron chi connectivity index (χ3n) is 8.59. The van der Waals surface area contributed by atoms with Gasteiger partial charge in [-0.3, -0.25) is 19.2 Å². The predicted octanol–water partition coefficient (Wildman–Crippen LogP) is 5.05. The number of aryl methyl sites for hydroxylation is 1. The van der Waals surface area contributed by atoms with Crippen molar-refractivity contribution in [1.82, 2.24) is 21.3 Å². The Bertz CT molecular complexity index is 1450. The van der Waals surface area contributed by atoms with E-state index in [0.717, 1.165) is 11.1 Å². The molecule has 1 aliphatic heterocycles. The van der Waals surface area contributed by atoms with Gasteiger partial charge in [-0.15, -0.1) is 0 Å². The van der Waals surface area contributed by atoms with Crippen LogP contribution in [-0.2, 0) is 41.5 Å². The first-order chi connectivity index (χ1) is 24.0. The van der Waals surface area contributed by atoms with Gasteiger partial charge in [0.25, 0.3) is 0 Å². The van der Waals surface area contributed by atoms with Crippen LogP contribution in [-0.4, -0.2) is 71.6 Å². The molecule has 1 fully saturated rings. The molecular weight excluding hydrogens is 648 g/mol. The lowest BCUT2D eigenvalue weighted by atomic mass is 9.93. The van der Waals surface area contributed by atoms with Gasteiger partial charge in [-0.2, -0.15) is 0 Å². The van der Waals surface area contributed by atoms with Gasteiger partial charge in [-0.1, -0.05) is 88.4 Å². The first kappa shape index (κ1) is 41.2. The quantitative estimate of drug-likeness (QED) is 0.149. The van der Waals surface area contributed by atoms with Crippen molar-refractivity contribution in [1.29, 1.82) is 0 Å². The van der Waals surface area contributed by atoms with E-state index >= 15 is 0 Å². The van der Waals surface area contributed by atoms with Gasteiger partial charge in [0.1, 0.15) is 29.3 Å². The molecule has 0 saturated carbocycles. The second-order valence-corrected chi connectivity index (χ2v) is 15.6. The third-order valence-corrected chi connectivity index (χ3v) is 8.59. The van der Waals surface area contributed by atoms with E-state index in [2.05, 4.69) is 35.1 Å². The number of Topliss-reactive ketones (excluding diaryl/α,β-unsaturated/α-hetero) is 1. The number of rotatable bonds is 19. The summed E-state index contributed by atoms with van der Waals surface area (Å²) in [7, 11) is 0. The topological polar surface area (TPSA) is 155 Å². The summed E-state index contributed by atoms with van der Waals surface area (Å²) in [5.74, 6) is -1.47. The zero-order valence-electron chi connectivity index (χ0n) is 31.5. The van der Waals surface area contributed by atoms with Gasteiger partial charge in [0.15, 0.2) is 5.78 Å². The summed E-state index contributed by atoms with van der Waals surface area (Å²) in [6, 6.07) is 15.0. The molecule has 1 aliphatic rings. The van der Waals surface area contributed by atoms with Crippen LogP contribution in [0.4, 0.5) is 4.79 Å². The second kappa shape index (κ2) is 18.8. The molecule has 4 amide bonds. The highest BCUT2D eigenvalue weighted by atomic mass is 16.6. The van der Waals surface area contributed by atoms with Crippen LogP contribution >= 0.6 is 0 Å². The molecule has 2 aromatic rings. The van der Waals surface area contributed by atoms with Crippen molar-refractivity contribution in [2.75, 3.05) is 6.61 Å². The van der Waals surface area contributed by atoms with Crippen LogP contribution < -0.4 is 21.3 Å². The molecule has 1 unspecified atom stereocenters. The summed E-state index contributed by atoms with van der Waals surface area (Å²) >= 11 is 0. The van der Waals surface area contributed by atoms with Crippen LogP contribution in [0.25, 0.3) is 0 Å². The van der Waals surface area contributed by atoms with Crippen molar-refractivity contribution in [2.45, 2.75) is 129 Å². The standard InChI is InChI=1S/C40H58N4O7/c1-26(2)19-21-30(34(45)40(8)25-50-40)41-37(48)33(24-29-17-13-10-14-18-29)43-36(47)32(23-27(3)4)42-35(46)31(44-38(49)51-39(5,6)7)22-20-28-15-11-9-12-16-28/h9-18,26-27,30-33H,19-25H2,1-8H3,(H,41,48)(H,42,46)(H,43,47)(H,44,49)/t30-,31-,32?,33-,40+/m0/s1. The lowest BCUT2D eigenvalue weighted by Gasteiger charge is -2.28. The van der Waals surface area contributed by atoms with Crippen LogP contribution in [0.5, 0.6) is 0 Å². The van der Waals surface area contributed by atoms with E-state index in [9.17, 15) is 24.0 Å². The normalized spacial score (nSPS) is 17.8. The lowest BCUT2D eigenvalue weighted by Crippen LogP contribution is -2.59. The fraction of sp³-hybridized carbons (Fsp3) is 0.575. The number of carbonyl (C=O) groups excluding carboxylic acids is 5. The van der Waals surface area contributed by atoms with Crippen LogP contribution in [0.15, 0.2) is 60.7 Å². The molecule has 11 nitrogen and oxygen atoms in total. The SMILES string of the molecule is CC(C)CC[C@H](NC(=O)[C@H](Cc1ccccc1)NC(=O)C(CC(C)C)NC(=O)[C@H](CCc1ccccc1)NC(=O)OC(C)(C)C)C(=O)[C@@]1(C)CO1. The van der Waals surface area contributed by atoms with E-state index in [4.69, 9.17) is 9.47 Å². The molecule has 51 heavy (non-hydrogen) atoms. The summed E-state index contributed by atoms with van der Waals surface area (Å²) in [5, 5.41) is 11.4. The Hall–Kier alpha value is -4.25. The van der Waals surface area contributed by atoms with Gasteiger partial charge in [-0.25, -0.2) is 4.79 Å². The van der Waals surface area contributed by atoms with E-state index in [-0.39, 0.29) is 31.0 Å². The minimum Gasteiger partial charge on any atom is -0.444 e. The molecule has 0 bridgehead atoms. The van der Waals surface area contributed by atoms with E-state index in [1.165, 1.54) is 0 Å². The zero-order valence-corrected chi connectivity index (χ0v) is 31.5. The summed E-state index contributed by atoms with van der Waals surface area (Å²) in [4.78, 5) is 68.0.